The molecular formula is C21H22F3NO4. The summed E-state index contributed by atoms with van der Waals surface area (Å²) in [4.78, 5) is 37.3. The van der Waals surface area contributed by atoms with Gasteiger partial charge in [0.2, 0.25) is 5.91 Å². The Morgan fingerprint density at radius 3 is 2.62 bits per heavy atom. The van der Waals surface area contributed by atoms with Crippen LogP contribution >= 0.6 is 0 Å². The number of carbonyl (C=O) groups excluding carboxylic acids is 3. The summed E-state index contributed by atoms with van der Waals surface area (Å²) in [6.07, 6.45) is 0.835. The van der Waals surface area contributed by atoms with Gasteiger partial charge in [-0.1, -0.05) is 12.8 Å². The van der Waals surface area contributed by atoms with Gasteiger partial charge in [0.1, 0.15) is 17.5 Å². The van der Waals surface area contributed by atoms with Gasteiger partial charge < -0.3 is 10.1 Å². The third-order valence-electron chi connectivity index (χ3n) is 4.79. The summed E-state index contributed by atoms with van der Waals surface area (Å²) < 4.78 is 42.1. The predicted molar refractivity (Wildman–Crippen MR) is 99.4 cm³/mol. The highest BCUT2D eigenvalue weighted by molar-refractivity contribution is 6.15. The topological polar surface area (TPSA) is 72.5 Å². The minimum Gasteiger partial charge on any atom is -0.484 e. The van der Waals surface area contributed by atoms with Crippen molar-refractivity contribution in [3.8, 4) is 18.1 Å². The van der Waals surface area contributed by atoms with Gasteiger partial charge in [-0.3, -0.25) is 14.4 Å². The number of aryl methyl sites for hydroxylation is 2. The highest BCUT2D eigenvalue weighted by atomic mass is 19.4. The first-order chi connectivity index (χ1) is 13.6. The number of alkyl halides is 3. The summed E-state index contributed by atoms with van der Waals surface area (Å²) in [5.41, 5.74) is 1.57. The Morgan fingerprint density at radius 2 is 2.03 bits per heavy atom. The van der Waals surface area contributed by atoms with Crippen LogP contribution in [-0.4, -0.2) is 36.8 Å². The quantitative estimate of drug-likeness (QED) is 0.555. The van der Waals surface area contributed by atoms with Gasteiger partial charge in [0, 0.05) is 18.8 Å². The molecule has 29 heavy (non-hydrogen) atoms. The Hall–Kier alpha value is -2.82. The molecule has 0 spiro atoms. The second kappa shape index (κ2) is 9.12. The minimum atomic E-state index is -4.47. The van der Waals surface area contributed by atoms with Gasteiger partial charge in [-0.15, -0.1) is 6.42 Å². The molecule has 1 aliphatic rings. The molecule has 5 nitrogen and oxygen atoms in total. The Morgan fingerprint density at radius 1 is 1.34 bits per heavy atom. The van der Waals surface area contributed by atoms with Gasteiger partial charge in [-0.25, -0.2) is 0 Å². The molecule has 0 bridgehead atoms. The zero-order valence-corrected chi connectivity index (χ0v) is 16.2. The number of rotatable bonds is 7. The zero-order chi connectivity index (χ0) is 21.8. The number of Topliss-reactive ketones (excluding diaryl/α,β-unsaturated/α-hetero) is 2. The smallest absolute Gasteiger partial charge is 0.422 e. The van der Waals surface area contributed by atoms with E-state index in [-0.39, 0.29) is 36.7 Å². The Labute approximate surface area is 167 Å². The fourth-order valence-electron chi connectivity index (χ4n) is 3.57. The maximum absolute atomic E-state index is 12.9. The number of halogens is 3. The molecule has 1 amide bonds. The van der Waals surface area contributed by atoms with Crippen LogP contribution in [0.25, 0.3) is 0 Å². The lowest BCUT2D eigenvalue weighted by atomic mass is 9.85. The van der Waals surface area contributed by atoms with Crippen LogP contribution in [0, 0.1) is 25.2 Å². The average Bonchev–Trinajstić information content (AvgIpc) is 2.90. The van der Waals surface area contributed by atoms with E-state index in [1.165, 1.54) is 12.1 Å². The average molecular weight is 409 g/mol. The van der Waals surface area contributed by atoms with Gasteiger partial charge in [0.25, 0.3) is 0 Å². The number of benzene rings is 1. The van der Waals surface area contributed by atoms with Gasteiger partial charge in [-0.05, 0) is 42.2 Å². The molecule has 2 atom stereocenters. The third-order valence-corrected chi connectivity index (χ3v) is 4.79. The van der Waals surface area contributed by atoms with Crippen LogP contribution < -0.4 is 10.1 Å². The second-order valence-corrected chi connectivity index (χ2v) is 6.96. The van der Waals surface area contributed by atoms with E-state index in [1.54, 1.807) is 13.8 Å². The van der Waals surface area contributed by atoms with Crippen LogP contribution in [0.4, 0.5) is 13.2 Å². The van der Waals surface area contributed by atoms with E-state index in [2.05, 4.69) is 11.2 Å². The van der Waals surface area contributed by atoms with Crippen molar-refractivity contribution in [2.24, 2.45) is 5.92 Å². The van der Waals surface area contributed by atoms with E-state index in [1.807, 2.05) is 0 Å². The Balaban J connectivity index is 2.26. The number of carbonyl (C=O) groups is 3. The van der Waals surface area contributed by atoms with Gasteiger partial charge in [0.05, 0.1) is 6.54 Å². The molecule has 0 heterocycles. The van der Waals surface area contributed by atoms with Crippen LogP contribution in [0.3, 0.4) is 0 Å². The van der Waals surface area contributed by atoms with Crippen LogP contribution in [0.15, 0.2) is 12.1 Å². The van der Waals surface area contributed by atoms with Gasteiger partial charge >= 0.3 is 6.18 Å². The first-order valence-electron chi connectivity index (χ1n) is 9.17. The van der Waals surface area contributed by atoms with E-state index in [0.717, 1.165) is 0 Å². The van der Waals surface area contributed by atoms with Crippen LogP contribution in [0.2, 0.25) is 0 Å². The summed E-state index contributed by atoms with van der Waals surface area (Å²) in [6.45, 7) is 2.02. The standard InChI is InChI=1S/C21H22F3NO4/c1-4-6-25-17(27)10-14-9-16(26)19(20(14)28)18-12(3)7-15(8-13(18)5-2)29-11-21(22,23)24/h1,7-8,14,19H,5-6,9-11H2,2-3H3,(H,25,27). The van der Waals surface area contributed by atoms with E-state index < -0.39 is 30.5 Å². The van der Waals surface area contributed by atoms with Crippen LogP contribution in [0.1, 0.15) is 42.4 Å². The Bertz CT molecular complexity index is 855. The van der Waals surface area contributed by atoms with Crippen molar-refractivity contribution < 1.29 is 32.3 Å². The van der Waals surface area contributed by atoms with E-state index in [9.17, 15) is 27.6 Å². The summed E-state index contributed by atoms with van der Waals surface area (Å²) in [5.74, 6) is -0.529. The molecular weight excluding hydrogens is 387 g/mol. The van der Waals surface area contributed by atoms with Crippen molar-refractivity contribution >= 4 is 17.5 Å². The number of ether oxygens (including phenoxy) is 1. The van der Waals surface area contributed by atoms with Crippen molar-refractivity contribution in [3.05, 3.63) is 28.8 Å². The number of terminal acetylenes is 1. The number of ketones is 2. The number of hydrogen-bond acceptors (Lipinski definition) is 4. The van der Waals surface area contributed by atoms with Crippen molar-refractivity contribution in [1.82, 2.24) is 5.32 Å². The second-order valence-electron chi connectivity index (χ2n) is 6.96. The lowest BCUT2D eigenvalue weighted by molar-refractivity contribution is -0.153. The first kappa shape index (κ1) is 22.5. The molecule has 1 aromatic carbocycles. The minimum absolute atomic E-state index is 0.0310. The number of nitrogens with one attached hydrogen (secondary N) is 1. The molecule has 1 aromatic rings. The summed E-state index contributed by atoms with van der Waals surface area (Å²) in [5, 5.41) is 2.47. The van der Waals surface area contributed by atoms with E-state index in [4.69, 9.17) is 11.2 Å². The summed E-state index contributed by atoms with van der Waals surface area (Å²) in [7, 11) is 0. The molecule has 0 saturated heterocycles. The SMILES string of the molecule is C#CCNC(=O)CC1CC(=O)C(c2c(C)cc(OCC(F)(F)F)cc2CC)C1=O. The fraction of sp³-hybridized carbons (Fsp3) is 0.476. The predicted octanol–water partition coefficient (Wildman–Crippen LogP) is 2.88. The summed E-state index contributed by atoms with van der Waals surface area (Å²) >= 11 is 0. The molecule has 8 heteroatoms. The molecule has 2 unspecified atom stereocenters. The third kappa shape index (κ3) is 5.59. The Kier molecular flexibility index (Phi) is 7.07. The van der Waals surface area contributed by atoms with Crippen LogP contribution in [-0.2, 0) is 20.8 Å². The molecule has 1 saturated carbocycles. The molecule has 2 rings (SSSR count). The van der Waals surface area contributed by atoms with E-state index in [0.29, 0.717) is 23.1 Å². The maximum Gasteiger partial charge on any atom is 0.422 e. The van der Waals surface area contributed by atoms with Gasteiger partial charge in [0.15, 0.2) is 12.4 Å². The van der Waals surface area contributed by atoms with Crippen molar-refractivity contribution in [2.45, 2.75) is 45.2 Å². The lowest BCUT2D eigenvalue weighted by Crippen LogP contribution is -2.27. The number of hydrogen-bond donors (Lipinski definition) is 1. The maximum atomic E-state index is 12.9. The molecule has 0 radical (unpaired) electrons. The molecule has 0 aliphatic heterocycles. The van der Waals surface area contributed by atoms with Crippen molar-refractivity contribution in [1.29, 1.82) is 0 Å². The highest BCUT2D eigenvalue weighted by Gasteiger charge is 2.44. The zero-order valence-electron chi connectivity index (χ0n) is 16.2. The van der Waals surface area contributed by atoms with E-state index >= 15 is 0 Å². The first-order valence-corrected chi connectivity index (χ1v) is 9.17. The summed E-state index contributed by atoms with van der Waals surface area (Å²) in [6, 6.07) is 2.83. The molecule has 0 aromatic heterocycles. The number of amides is 1. The molecule has 1 aliphatic carbocycles. The lowest BCUT2D eigenvalue weighted by Gasteiger charge is -2.19. The van der Waals surface area contributed by atoms with Crippen molar-refractivity contribution in [3.63, 3.8) is 0 Å². The van der Waals surface area contributed by atoms with Gasteiger partial charge in [-0.2, -0.15) is 13.2 Å². The fourth-order valence-corrected chi connectivity index (χ4v) is 3.57. The monoisotopic (exact) mass is 409 g/mol. The largest absolute Gasteiger partial charge is 0.484 e. The molecule has 1 N–H and O–H groups in total. The van der Waals surface area contributed by atoms with Crippen molar-refractivity contribution in [2.75, 3.05) is 13.2 Å². The molecule has 156 valence electrons. The normalized spacial score (nSPS) is 19.2. The highest BCUT2D eigenvalue weighted by Crippen LogP contribution is 2.39. The molecule has 1 fully saturated rings. The van der Waals surface area contributed by atoms with Crippen LogP contribution in [0.5, 0.6) is 5.75 Å².